The summed E-state index contributed by atoms with van der Waals surface area (Å²) in [6.45, 7) is 7.57. The van der Waals surface area contributed by atoms with E-state index in [1.54, 1.807) is 17.8 Å². The Morgan fingerprint density at radius 1 is 1.14 bits per heavy atom. The molecule has 1 unspecified atom stereocenters. The Bertz CT molecular complexity index is 1300. The van der Waals surface area contributed by atoms with Crippen molar-refractivity contribution in [2.24, 2.45) is 13.0 Å². The van der Waals surface area contributed by atoms with Crippen LogP contribution in [0.5, 0.6) is 5.75 Å². The second-order valence-electron chi connectivity index (χ2n) is 10.6. The lowest BCUT2D eigenvalue weighted by atomic mass is 9.87. The van der Waals surface area contributed by atoms with Crippen molar-refractivity contribution in [3.8, 4) is 17.1 Å². The predicted octanol–water partition coefficient (Wildman–Crippen LogP) is 5.66. The van der Waals surface area contributed by atoms with Crippen LogP contribution in [-0.2, 0) is 29.0 Å². The zero-order valence-corrected chi connectivity index (χ0v) is 23.4. The van der Waals surface area contributed by atoms with Gasteiger partial charge in [-0.2, -0.15) is 8.42 Å². The van der Waals surface area contributed by atoms with E-state index in [1.807, 2.05) is 19.2 Å². The maximum absolute atomic E-state index is 11.4. The standard InChI is InChI=1S/C27H36N4O3S2/c1-27(2,3)22-12-10-20(11-13-22)25-29-30-26(31(25)4)35-16-6-7-19-8-9-21-17-23(34-36(5,32)33)14-15-24(21)28-18-19/h10-15,17,19,28H,6-9,16,18H2,1-5H3. The van der Waals surface area contributed by atoms with Gasteiger partial charge >= 0.3 is 10.1 Å². The molecule has 4 rings (SSSR count). The van der Waals surface area contributed by atoms with Crippen LogP contribution in [0.2, 0.25) is 0 Å². The van der Waals surface area contributed by atoms with E-state index in [2.05, 4.69) is 65.1 Å². The molecule has 1 N–H and O–H groups in total. The lowest BCUT2D eigenvalue weighted by molar-refractivity contribution is 0.475. The van der Waals surface area contributed by atoms with Gasteiger partial charge in [0.1, 0.15) is 5.75 Å². The van der Waals surface area contributed by atoms with E-state index in [0.717, 1.165) is 72.0 Å². The molecule has 1 aliphatic rings. The second kappa shape index (κ2) is 10.8. The van der Waals surface area contributed by atoms with Crippen LogP contribution in [0.25, 0.3) is 11.4 Å². The summed E-state index contributed by atoms with van der Waals surface area (Å²) in [5.41, 5.74) is 4.69. The molecule has 0 saturated heterocycles. The summed E-state index contributed by atoms with van der Waals surface area (Å²) < 4.78 is 30.0. The third-order valence-electron chi connectivity index (χ3n) is 6.56. The topological polar surface area (TPSA) is 86.1 Å². The predicted molar refractivity (Wildman–Crippen MR) is 147 cm³/mol. The fourth-order valence-corrected chi connectivity index (χ4v) is 5.81. The number of anilines is 1. The van der Waals surface area contributed by atoms with Gasteiger partial charge in [0.2, 0.25) is 0 Å². The van der Waals surface area contributed by atoms with Gasteiger partial charge in [0.05, 0.1) is 6.26 Å². The first kappa shape index (κ1) is 26.5. The first-order valence-electron chi connectivity index (χ1n) is 12.4. The minimum Gasteiger partial charge on any atom is -0.385 e. The molecule has 1 aromatic heterocycles. The quantitative estimate of drug-likeness (QED) is 0.229. The highest BCUT2D eigenvalue weighted by Gasteiger charge is 2.18. The fraction of sp³-hybridized carbons (Fsp3) is 0.481. The fourth-order valence-electron chi connectivity index (χ4n) is 4.49. The Morgan fingerprint density at radius 2 is 1.89 bits per heavy atom. The summed E-state index contributed by atoms with van der Waals surface area (Å²) in [4.78, 5) is 0. The Hall–Kier alpha value is -2.52. The number of nitrogens with zero attached hydrogens (tertiary/aromatic N) is 3. The van der Waals surface area contributed by atoms with Crippen LogP contribution in [-0.4, -0.2) is 41.7 Å². The van der Waals surface area contributed by atoms with Crippen LogP contribution < -0.4 is 9.50 Å². The highest BCUT2D eigenvalue weighted by atomic mass is 32.2. The number of rotatable bonds is 8. The highest BCUT2D eigenvalue weighted by molar-refractivity contribution is 7.99. The second-order valence-corrected chi connectivity index (χ2v) is 13.2. The minimum atomic E-state index is -3.52. The van der Waals surface area contributed by atoms with E-state index >= 15 is 0 Å². The van der Waals surface area contributed by atoms with Gasteiger partial charge in [0.25, 0.3) is 0 Å². The number of benzene rings is 2. The molecular formula is C27H36N4O3S2. The summed E-state index contributed by atoms with van der Waals surface area (Å²) in [7, 11) is -1.49. The van der Waals surface area contributed by atoms with E-state index in [0.29, 0.717) is 11.7 Å². The number of hydrogen-bond donors (Lipinski definition) is 1. The smallest absolute Gasteiger partial charge is 0.306 e. The minimum absolute atomic E-state index is 0.130. The number of fused-ring (bicyclic) bond motifs is 1. The molecule has 2 heterocycles. The summed E-state index contributed by atoms with van der Waals surface area (Å²) in [5, 5.41) is 13.3. The number of aryl methyl sites for hydroxylation is 1. The summed E-state index contributed by atoms with van der Waals surface area (Å²) in [6.07, 6.45) is 5.25. The van der Waals surface area contributed by atoms with Crippen molar-refractivity contribution in [1.29, 1.82) is 0 Å². The van der Waals surface area contributed by atoms with Gasteiger partial charge in [-0.05, 0) is 66.3 Å². The van der Waals surface area contributed by atoms with Crippen LogP contribution in [0.1, 0.15) is 51.2 Å². The van der Waals surface area contributed by atoms with Gasteiger partial charge < -0.3 is 14.1 Å². The third kappa shape index (κ3) is 6.82. The van der Waals surface area contributed by atoms with Crippen LogP contribution in [0.3, 0.4) is 0 Å². The van der Waals surface area contributed by atoms with Gasteiger partial charge in [0, 0.05) is 30.6 Å². The molecule has 0 saturated carbocycles. The Labute approximate surface area is 219 Å². The van der Waals surface area contributed by atoms with Crippen molar-refractivity contribution < 1.29 is 12.6 Å². The van der Waals surface area contributed by atoms with Crippen molar-refractivity contribution >= 4 is 27.6 Å². The maximum Gasteiger partial charge on any atom is 0.306 e. The molecule has 1 aliphatic heterocycles. The van der Waals surface area contributed by atoms with E-state index in [4.69, 9.17) is 4.18 Å². The van der Waals surface area contributed by atoms with Gasteiger partial charge in [-0.25, -0.2) is 0 Å². The third-order valence-corrected chi connectivity index (χ3v) is 8.16. The molecule has 0 fully saturated rings. The lowest BCUT2D eigenvalue weighted by Gasteiger charge is -2.19. The van der Waals surface area contributed by atoms with E-state index in [-0.39, 0.29) is 5.41 Å². The first-order chi connectivity index (χ1) is 17.0. The van der Waals surface area contributed by atoms with Crippen LogP contribution in [0.4, 0.5) is 5.69 Å². The zero-order valence-electron chi connectivity index (χ0n) is 21.7. The molecule has 0 aliphatic carbocycles. The molecule has 3 aromatic rings. The molecule has 0 amide bonds. The Balaban J connectivity index is 1.27. The molecule has 194 valence electrons. The largest absolute Gasteiger partial charge is 0.385 e. The molecule has 7 nitrogen and oxygen atoms in total. The van der Waals surface area contributed by atoms with E-state index in [1.165, 1.54) is 5.56 Å². The van der Waals surface area contributed by atoms with Crippen molar-refractivity contribution in [1.82, 2.24) is 14.8 Å². The Morgan fingerprint density at radius 3 is 2.58 bits per heavy atom. The normalized spacial score (nSPS) is 16.2. The van der Waals surface area contributed by atoms with Crippen LogP contribution in [0.15, 0.2) is 47.6 Å². The molecule has 9 heteroatoms. The summed E-state index contributed by atoms with van der Waals surface area (Å²) in [6, 6.07) is 14.1. The molecule has 2 aromatic carbocycles. The maximum atomic E-state index is 11.4. The van der Waals surface area contributed by atoms with Gasteiger partial charge in [-0.3, -0.25) is 0 Å². The SMILES string of the molecule is Cn1c(SCCCC2CCc3cc(OS(C)(=O)=O)ccc3NC2)nnc1-c1ccc(C(C)(C)C)cc1. The average Bonchev–Trinajstić information content (AvgIpc) is 3.04. The van der Waals surface area contributed by atoms with Crippen LogP contribution in [0, 0.1) is 5.92 Å². The number of nitrogens with one attached hydrogen (secondary N) is 1. The molecular weight excluding hydrogens is 492 g/mol. The van der Waals surface area contributed by atoms with E-state index in [9.17, 15) is 8.42 Å². The number of hydrogen-bond acceptors (Lipinski definition) is 7. The number of thioether (sulfide) groups is 1. The molecule has 0 radical (unpaired) electrons. The van der Waals surface area contributed by atoms with Gasteiger partial charge in [-0.1, -0.05) is 56.8 Å². The van der Waals surface area contributed by atoms with E-state index < -0.39 is 10.1 Å². The Kier molecular flexibility index (Phi) is 7.99. The molecule has 0 bridgehead atoms. The van der Waals surface area contributed by atoms with Crippen LogP contribution >= 0.6 is 11.8 Å². The first-order valence-corrected chi connectivity index (χ1v) is 15.2. The van der Waals surface area contributed by atoms with Crippen molar-refractivity contribution in [3.05, 3.63) is 53.6 Å². The monoisotopic (exact) mass is 528 g/mol. The molecule has 36 heavy (non-hydrogen) atoms. The average molecular weight is 529 g/mol. The molecule has 0 spiro atoms. The zero-order chi connectivity index (χ0) is 25.9. The van der Waals surface area contributed by atoms with Crippen molar-refractivity contribution in [2.75, 3.05) is 23.9 Å². The molecule has 1 atom stereocenters. The lowest BCUT2D eigenvalue weighted by Crippen LogP contribution is -2.12. The van der Waals surface area contributed by atoms with Gasteiger partial charge in [-0.15, -0.1) is 10.2 Å². The summed E-state index contributed by atoms with van der Waals surface area (Å²) in [5.74, 6) is 2.82. The highest BCUT2D eigenvalue weighted by Crippen LogP contribution is 2.31. The summed E-state index contributed by atoms with van der Waals surface area (Å²) >= 11 is 1.75. The van der Waals surface area contributed by atoms with Gasteiger partial charge in [0.15, 0.2) is 11.0 Å². The van der Waals surface area contributed by atoms with Crippen molar-refractivity contribution in [3.63, 3.8) is 0 Å². The number of aromatic nitrogens is 3. The van der Waals surface area contributed by atoms with Crippen molar-refractivity contribution in [2.45, 2.75) is 57.0 Å².